The van der Waals surface area contributed by atoms with Crippen LogP contribution in [0, 0.1) is 0 Å². The van der Waals surface area contributed by atoms with Crippen molar-refractivity contribution in [3.8, 4) is 0 Å². The molecule has 2 amide bonds. The van der Waals surface area contributed by atoms with Crippen molar-refractivity contribution in [3.05, 3.63) is 0 Å². The molecule has 0 unspecified atom stereocenters. The standard InChI is InChI=1S/C6H14N2O.2C2H6/c1-4-5-8(3)6(9)7-2;2*1-2/h4-5H2,1-3H3,(H,7,9);2*1-2H3. The Morgan fingerprint density at radius 2 is 1.62 bits per heavy atom. The number of nitrogens with zero attached hydrogens (tertiary/aromatic N) is 1. The highest BCUT2D eigenvalue weighted by Gasteiger charge is 2.01. The largest absolute Gasteiger partial charge is 0.341 e. The summed E-state index contributed by atoms with van der Waals surface area (Å²) in [5.41, 5.74) is 0. The minimum atomic E-state index is -0.0168. The van der Waals surface area contributed by atoms with Crippen molar-refractivity contribution in [3.63, 3.8) is 0 Å². The van der Waals surface area contributed by atoms with Gasteiger partial charge in [-0.3, -0.25) is 0 Å². The topological polar surface area (TPSA) is 32.3 Å². The van der Waals surface area contributed by atoms with Crippen LogP contribution >= 0.6 is 0 Å². The quantitative estimate of drug-likeness (QED) is 0.713. The molecule has 0 aliphatic heterocycles. The van der Waals surface area contributed by atoms with Crippen LogP contribution in [0.5, 0.6) is 0 Å². The van der Waals surface area contributed by atoms with Crippen LogP contribution in [0.15, 0.2) is 0 Å². The van der Waals surface area contributed by atoms with Gasteiger partial charge < -0.3 is 10.2 Å². The first kappa shape index (κ1) is 18.1. The third kappa shape index (κ3) is 14.2. The van der Waals surface area contributed by atoms with Gasteiger partial charge in [0, 0.05) is 20.6 Å². The molecule has 82 valence electrons. The molecule has 0 saturated carbocycles. The van der Waals surface area contributed by atoms with Gasteiger partial charge in [-0.2, -0.15) is 0 Å². The molecule has 0 aromatic carbocycles. The number of hydrogen-bond acceptors (Lipinski definition) is 1. The lowest BCUT2D eigenvalue weighted by Gasteiger charge is -2.14. The summed E-state index contributed by atoms with van der Waals surface area (Å²) in [6, 6.07) is -0.0168. The number of amides is 2. The molecule has 0 saturated heterocycles. The van der Waals surface area contributed by atoms with Gasteiger partial charge in [0.15, 0.2) is 0 Å². The van der Waals surface area contributed by atoms with Crippen LogP contribution in [-0.2, 0) is 0 Å². The minimum absolute atomic E-state index is 0.0168. The average molecular weight is 190 g/mol. The summed E-state index contributed by atoms with van der Waals surface area (Å²) in [4.78, 5) is 12.4. The second kappa shape index (κ2) is 17.4. The molecule has 0 bridgehead atoms. The Labute approximate surface area is 83.5 Å². The summed E-state index contributed by atoms with van der Waals surface area (Å²) in [6.07, 6.45) is 1.00. The van der Waals surface area contributed by atoms with Gasteiger partial charge in [0.2, 0.25) is 0 Å². The molecular formula is C10H26N2O. The van der Waals surface area contributed by atoms with Gasteiger partial charge in [-0.05, 0) is 6.42 Å². The predicted molar refractivity (Wildman–Crippen MR) is 60.1 cm³/mol. The molecule has 3 heteroatoms. The van der Waals surface area contributed by atoms with Crippen molar-refractivity contribution >= 4 is 6.03 Å². The molecule has 0 fully saturated rings. The average Bonchev–Trinajstić information content (AvgIpc) is 2.23. The monoisotopic (exact) mass is 190 g/mol. The molecule has 0 aliphatic rings. The van der Waals surface area contributed by atoms with E-state index in [1.807, 2.05) is 34.6 Å². The smallest absolute Gasteiger partial charge is 0.316 e. The molecular weight excluding hydrogens is 164 g/mol. The summed E-state index contributed by atoms with van der Waals surface area (Å²) in [5, 5.41) is 2.54. The first-order chi connectivity index (χ1) is 6.22. The van der Waals surface area contributed by atoms with Crippen LogP contribution in [0.1, 0.15) is 41.0 Å². The van der Waals surface area contributed by atoms with Crippen LogP contribution < -0.4 is 5.32 Å². The summed E-state index contributed by atoms with van der Waals surface area (Å²) < 4.78 is 0. The predicted octanol–water partition coefficient (Wildman–Crippen LogP) is 2.72. The van der Waals surface area contributed by atoms with Gasteiger partial charge in [0.1, 0.15) is 0 Å². The molecule has 0 atom stereocenters. The van der Waals surface area contributed by atoms with E-state index in [1.165, 1.54) is 0 Å². The molecule has 0 aliphatic carbocycles. The molecule has 13 heavy (non-hydrogen) atoms. The maximum absolute atomic E-state index is 10.7. The first-order valence-electron chi connectivity index (χ1n) is 5.15. The van der Waals surface area contributed by atoms with E-state index in [9.17, 15) is 4.79 Å². The van der Waals surface area contributed by atoms with E-state index in [2.05, 4.69) is 5.32 Å². The molecule has 0 aromatic heterocycles. The highest BCUT2D eigenvalue weighted by molar-refractivity contribution is 5.73. The number of carbonyl (C=O) groups excluding carboxylic acids is 1. The molecule has 0 aromatic rings. The van der Waals surface area contributed by atoms with Crippen molar-refractivity contribution in [1.82, 2.24) is 10.2 Å². The Hall–Kier alpha value is -0.730. The summed E-state index contributed by atoms with van der Waals surface area (Å²) in [7, 11) is 3.41. The maximum atomic E-state index is 10.7. The lowest BCUT2D eigenvalue weighted by Crippen LogP contribution is -2.35. The van der Waals surface area contributed by atoms with E-state index in [4.69, 9.17) is 0 Å². The Morgan fingerprint density at radius 1 is 1.23 bits per heavy atom. The van der Waals surface area contributed by atoms with Crippen LogP contribution in [0.3, 0.4) is 0 Å². The zero-order valence-electron chi connectivity index (χ0n) is 10.3. The lowest BCUT2D eigenvalue weighted by atomic mass is 10.4. The zero-order chi connectivity index (χ0) is 11.3. The van der Waals surface area contributed by atoms with E-state index in [-0.39, 0.29) is 6.03 Å². The Morgan fingerprint density at radius 3 is 1.85 bits per heavy atom. The maximum Gasteiger partial charge on any atom is 0.316 e. The number of urea groups is 1. The number of hydrogen-bond donors (Lipinski definition) is 1. The molecule has 1 N–H and O–H groups in total. The summed E-state index contributed by atoms with van der Waals surface area (Å²) in [6.45, 7) is 10.9. The van der Waals surface area contributed by atoms with Gasteiger partial charge in [0.05, 0.1) is 0 Å². The normalized spacial score (nSPS) is 7.00. The Kier molecular flexibility index (Phi) is 24.2. The van der Waals surface area contributed by atoms with Gasteiger partial charge >= 0.3 is 6.03 Å². The SMILES string of the molecule is CC.CC.CCCN(C)C(=O)NC. The van der Waals surface area contributed by atoms with Gasteiger partial charge in [-0.1, -0.05) is 34.6 Å². The molecule has 0 spiro atoms. The molecule has 0 heterocycles. The highest BCUT2D eigenvalue weighted by atomic mass is 16.2. The fourth-order valence-electron chi connectivity index (χ4n) is 0.628. The van der Waals surface area contributed by atoms with Crippen molar-refractivity contribution in [2.75, 3.05) is 20.6 Å². The fourth-order valence-corrected chi connectivity index (χ4v) is 0.628. The third-order valence-corrected chi connectivity index (χ3v) is 1.12. The van der Waals surface area contributed by atoms with Crippen LogP contribution in [0.25, 0.3) is 0 Å². The zero-order valence-corrected chi connectivity index (χ0v) is 10.3. The minimum Gasteiger partial charge on any atom is -0.341 e. The summed E-state index contributed by atoms with van der Waals surface area (Å²) in [5.74, 6) is 0. The number of carbonyl (C=O) groups is 1. The Bertz CT molecular complexity index is 94.9. The van der Waals surface area contributed by atoms with E-state index < -0.39 is 0 Å². The van der Waals surface area contributed by atoms with Crippen molar-refractivity contribution < 1.29 is 4.79 Å². The Balaban J connectivity index is -0.000000218. The van der Waals surface area contributed by atoms with Crippen molar-refractivity contribution in [2.24, 2.45) is 0 Å². The van der Waals surface area contributed by atoms with Crippen molar-refractivity contribution in [2.45, 2.75) is 41.0 Å². The second-order valence-electron chi connectivity index (χ2n) is 1.98. The molecule has 0 rings (SSSR count). The van der Waals surface area contributed by atoms with Gasteiger partial charge in [0.25, 0.3) is 0 Å². The van der Waals surface area contributed by atoms with Crippen LogP contribution in [0.4, 0.5) is 4.79 Å². The van der Waals surface area contributed by atoms with E-state index in [0.717, 1.165) is 13.0 Å². The van der Waals surface area contributed by atoms with Crippen molar-refractivity contribution in [1.29, 1.82) is 0 Å². The van der Waals surface area contributed by atoms with Gasteiger partial charge in [-0.25, -0.2) is 4.79 Å². The lowest BCUT2D eigenvalue weighted by molar-refractivity contribution is 0.211. The van der Waals surface area contributed by atoms with Gasteiger partial charge in [-0.15, -0.1) is 0 Å². The van der Waals surface area contributed by atoms with E-state index in [1.54, 1.807) is 19.0 Å². The number of nitrogens with one attached hydrogen (secondary N) is 1. The molecule has 0 radical (unpaired) electrons. The van der Waals surface area contributed by atoms with Crippen LogP contribution in [-0.4, -0.2) is 31.6 Å². The van der Waals surface area contributed by atoms with Crippen LogP contribution in [0.2, 0.25) is 0 Å². The summed E-state index contributed by atoms with van der Waals surface area (Å²) >= 11 is 0. The highest BCUT2D eigenvalue weighted by Crippen LogP contribution is 1.84. The fraction of sp³-hybridized carbons (Fsp3) is 0.900. The van der Waals surface area contributed by atoms with E-state index >= 15 is 0 Å². The van der Waals surface area contributed by atoms with E-state index in [0.29, 0.717) is 0 Å². The first-order valence-corrected chi connectivity index (χ1v) is 5.15. The number of rotatable bonds is 2. The second-order valence-corrected chi connectivity index (χ2v) is 1.98. The molecule has 3 nitrogen and oxygen atoms in total. The third-order valence-electron chi connectivity index (χ3n) is 1.12.